The third-order valence-corrected chi connectivity index (χ3v) is 2.26. The zero-order valence-electron chi connectivity index (χ0n) is 7.13. The predicted octanol–water partition coefficient (Wildman–Crippen LogP) is 2.60. The lowest BCUT2D eigenvalue weighted by Crippen LogP contribution is -2.01. The maximum atomic E-state index is 12.5. The molecular weight excluding hydrogens is 260 g/mol. The molecule has 6 heteroatoms. The monoisotopic (exact) mass is 265 g/mol. The fourth-order valence-corrected chi connectivity index (χ4v) is 1.48. The molecular formula is C8H6BrF2NO2. The van der Waals surface area contributed by atoms with Crippen molar-refractivity contribution in [2.75, 3.05) is 7.11 Å². The van der Waals surface area contributed by atoms with Gasteiger partial charge in [-0.15, -0.1) is 0 Å². The summed E-state index contributed by atoms with van der Waals surface area (Å²) in [6.07, 6.45) is -1.24. The van der Waals surface area contributed by atoms with Crippen LogP contribution in [0.3, 0.4) is 0 Å². The molecule has 0 aliphatic heterocycles. The molecule has 0 N–H and O–H groups in total. The second kappa shape index (κ2) is 4.45. The van der Waals surface area contributed by atoms with Crippen molar-refractivity contribution in [3.63, 3.8) is 0 Å². The Kier molecular flexibility index (Phi) is 3.51. The molecule has 0 radical (unpaired) electrons. The molecule has 14 heavy (non-hydrogen) atoms. The molecule has 3 nitrogen and oxygen atoms in total. The molecule has 1 aromatic rings. The van der Waals surface area contributed by atoms with Crippen molar-refractivity contribution in [1.82, 2.24) is 4.98 Å². The van der Waals surface area contributed by atoms with Gasteiger partial charge in [-0.2, -0.15) is 0 Å². The Morgan fingerprint density at radius 2 is 2.29 bits per heavy atom. The van der Waals surface area contributed by atoms with Crippen molar-refractivity contribution in [2.24, 2.45) is 0 Å². The van der Waals surface area contributed by atoms with Crippen LogP contribution >= 0.6 is 15.9 Å². The summed E-state index contributed by atoms with van der Waals surface area (Å²) in [5.74, 6) is 0.0403. The Hall–Kier alpha value is -1.04. The van der Waals surface area contributed by atoms with Gasteiger partial charge in [0, 0.05) is 0 Å². The first-order valence-corrected chi connectivity index (χ1v) is 4.36. The van der Waals surface area contributed by atoms with E-state index in [0.717, 1.165) is 0 Å². The summed E-state index contributed by atoms with van der Waals surface area (Å²) >= 11 is 2.85. The summed E-state index contributed by atoms with van der Waals surface area (Å²) in [4.78, 5) is 14.2. The number of halogens is 3. The molecule has 0 aliphatic rings. The van der Waals surface area contributed by atoms with E-state index in [9.17, 15) is 13.6 Å². The van der Waals surface area contributed by atoms with Crippen LogP contribution in [0.5, 0.6) is 5.75 Å². The van der Waals surface area contributed by atoms with Gasteiger partial charge in [-0.25, -0.2) is 13.8 Å². The first-order chi connectivity index (χ1) is 6.61. The lowest BCUT2D eigenvalue weighted by Gasteiger charge is -2.09. The molecule has 76 valence electrons. The molecule has 0 amide bonds. The Bertz CT molecular complexity index is 357. The van der Waals surface area contributed by atoms with Crippen LogP contribution in [-0.4, -0.2) is 18.4 Å². The topological polar surface area (TPSA) is 39.2 Å². The average Bonchev–Trinajstić information content (AvgIpc) is 2.16. The van der Waals surface area contributed by atoms with Crippen LogP contribution in [0.4, 0.5) is 8.78 Å². The molecule has 0 saturated carbocycles. The van der Waals surface area contributed by atoms with Crippen molar-refractivity contribution in [3.05, 3.63) is 21.9 Å². The van der Waals surface area contributed by atoms with Gasteiger partial charge in [-0.1, -0.05) is 0 Å². The van der Waals surface area contributed by atoms with Crippen LogP contribution in [0.1, 0.15) is 22.3 Å². The molecule has 1 heterocycles. The third kappa shape index (κ3) is 1.89. The lowest BCUT2D eigenvalue weighted by molar-refractivity contribution is 0.110. The summed E-state index contributed by atoms with van der Waals surface area (Å²) < 4.78 is 29.7. The van der Waals surface area contributed by atoms with E-state index in [2.05, 4.69) is 20.9 Å². The Labute approximate surface area is 87.2 Å². The van der Waals surface area contributed by atoms with Crippen molar-refractivity contribution in [3.8, 4) is 5.75 Å². The zero-order chi connectivity index (χ0) is 10.7. The van der Waals surface area contributed by atoms with Crippen LogP contribution in [0.15, 0.2) is 10.8 Å². The van der Waals surface area contributed by atoms with Gasteiger partial charge < -0.3 is 4.74 Å². The van der Waals surface area contributed by atoms with E-state index < -0.39 is 12.0 Å². The number of nitrogens with zero attached hydrogens (tertiary/aromatic N) is 1. The number of pyridine rings is 1. The highest BCUT2D eigenvalue weighted by Gasteiger charge is 2.21. The fourth-order valence-electron chi connectivity index (χ4n) is 0.990. The highest BCUT2D eigenvalue weighted by Crippen LogP contribution is 2.32. The number of ether oxygens (including phenoxy) is 1. The van der Waals surface area contributed by atoms with Crippen LogP contribution in [-0.2, 0) is 0 Å². The normalized spacial score (nSPS) is 10.4. The second-order valence-electron chi connectivity index (χ2n) is 2.36. The number of rotatable bonds is 3. The van der Waals surface area contributed by atoms with Gasteiger partial charge in [0.05, 0.1) is 24.4 Å². The number of alkyl halides is 2. The summed E-state index contributed by atoms with van der Waals surface area (Å²) in [5.41, 5.74) is -0.622. The number of carbonyl (C=O) groups excluding carboxylic acids is 1. The number of hydrogen-bond acceptors (Lipinski definition) is 3. The number of methoxy groups -OCH3 is 1. The van der Waals surface area contributed by atoms with E-state index in [1.165, 1.54) is 13.3 Å². The lowest BCUT2D eigenvalue weighted by atomic mass is 10.1. The van der Waals surface area contributed by atoms with E-state index in [4.69, 9.17) is 4.74 Å². The van der Waals surface area contributed by atoms with Gasteiger partial charge in [0.15, 0.2) is 6.29 Å². The van der Waals surface area contributed by atoms with Crippen LogP contribution in [0.2, 0.25) is 0 Å². The van der Waals surface area contributed by atoms with Gasteiger partial charge in [0.25, 0.3) is 6.43 Å². The minimum Gasteiger partial charge on any atom is -0.494 e. The Morgan fingerprint density at radius 3 is 2.71 bits per heavy atom. The van der Waals surface area contributed by atoms with Gasteiger partial charge in [-0.3, -0.25) is 4.79 Å². The second-order valence-corrected chi connectivity index (χ2v) is 3.11. The molecule has 1 aromatic heterocycles. The van der Waals surface area contributed by atoms with Gasteiger partial charge >= 0.3 is 0 Å². The molecule has 0 unspecified atom stereocenters. The Balaban J connectivity index is 3.42. The largest absolute Gasteiger partial charge is 0.494 e. The van der Waals surface area contributed by atoms with E-state index in [0.29, 0.717) is 6.29 Å². The van der Waals surface area contributed by atoms with Crippen LogP contribution in [0.25, 0.3) is 0 Å². The summed E-state index contributed by atoms with van der Waals surface area (Å²) in [6, 6.07) is 0. The predicted molar refractivity (Wildman–Crippen MR) is 48.8 cm³/mol. The molecule has 0 bridgehead atoms. The molecule has 0 saturated heterocycles. The van der Waals surface area contributed by atoms with Gasteiger partial charge in [-0.05, 0) is 15.9 Å². The van der Waals surface area contributed by atoms with Crippen LogP contribution < -0.4 is 4.74 Å². The molecule has 0 aliphatic carbocycles. The summed E-state index contributed by atoms with van der Waals surface area (Å²) in [6.45, 7) is 0. The molecule has 0 fully saturated rings. The van der Waals surface area contributed by atoms with Crippen molar-refractivity contribution < 1.29 is 18.3 Å². The first kappa shape index (κ1) is 11.0. The van der Waals surface area contributed by atoms with Crippen molar-refractivity contribution in [1.29, 1.82) is 0 Å². The SMILES string of the molecule is COc1cnc(Br)c(C(F)F)c1C=O. The molecule has 1 rings (SSSR count). The minimum atomic E-state index is -2.77. The Morgan fingerprint density at radius 1 is 1.64 bits per heavy atom. The highest BCUT2D eigenvalue weighted by molar-refractivity contribution is 9.10. The van der Waals surface area contributed by atoms with Gasteiger partial charge in [0.1, 0.15) is 10.4 Å². The fraction of sp³-hybridized carbons (Fsp3) is 0.250. The van der Waals surface area contributed by atoms with E-state index >= 15 is 0 Å². The average molecular weight is 266 g/mol. The molecule has 0 atom stereocenters. The number of aromatic nitrogens is 1. The standard InChI is InChI=1S/C8H6BrF2NO2/c1-14-5-2-12-7(9)6(8(10)11)4(5)3-13/h2-3,8H,1H3. The highest BCUT2D eigenvalue weighted by atomic mass is 79.9. The first-order valence-electron chi connectivity index (χ1n) is 3.57. The minimum absolute atomic E-state index is 0.0403. The quantitative estimate of drug-likeness (QED) is 0.623. The van der Waals surface area contributed by atoms with Gasteiger partial charge in [0.2, 0.25) is 0 Å². The number of hydrogen-bond donors (Lipinski definition) is 0. The smallest absolute Gasteiger partial charge is 0.267 e. The molecule has 0 spiro atoms. The maximum absolute atomic E-state index is 12.5. The third-order valence-electron chi connectivity index (χ3n) is 1.63. The van der Waals surface area contributed by atoms with Crippen molar-refractivity contribution >= 4 is 22.2 Å². The zero-order valence-corrected chi connectivity index (χ0v) is 8.72. The van der Waals surface area contributed by atoms with E-state index in [1.807, 2.05) is 0 Å². The van der Waals surface area contributed by atoms with E-state index in [1.54, 1.807) is 0 Å². The van der Waals surface area contributed by atoms with Crippen molar-refractivity contribution in [2.45, 2.75) is 6.43 Å². The summed E-state index contributed by atoms with van der Waals surface area (Å²) in [5, 5.41) is 0. The number of carbonyl (C=O) groups is 1. The van der Waals surface area contributed by atoms with E-state index in [-0.39, 0.29) is 15.9 Å². The summed E-state index contributed by atoms with van der Waals surface area (Å²) in [7, 11) is 1.28. The maximum Gasteiger partial charge on any atom is 0.267 e. The molecule has 0 aromatic carbocycles. The number of aldehydes is 1. The van der Waals surface area contributed by atoms with Crippen LogP contribution in [0, 0.1) is 0 Å².